The molecule has 0 N–H and O–H groups in total. The van der Waals surface area contributed by atoms with Crippen molar-refractivity contribution in [1.29, 1.82) is 0 Å². The fourth-order valence-electron chi connectivity index (χ4n) is 1.96. The van der Waals surface area contributed by atoms with Gasteiger partial charge in [0.25, 0.3) is 0 Å². The normalized spacial score (nSPS) is 12.3. The Morgan fingerprint density at radius 2 is 1.48 bits per heavy atom. The van der Waals surface area contributed by atoms with E-state index < -0.39 is 5.60 Å². The topological polar surface area (TPSA) is 18.5 Å². The number of benzene rings is 1. The van der Waals surface area contributed by atoms with Gasteiger partial charge in [-0.2, -0.15) is 0 Å². The maximum Gasteiger partial charge on any atom is 0.123 e. The average molecular weight is 288 g/mol. The number of allylic oxidation sites excluding steroid dienone is 2. The number of hydrogen-bond acceptors (Lipinski definition) is 2. The summed E-state index contributed by atoms with van der Waals surface area (Å²) in [6.45, 7) is 22.0. The van der Waals surface area contributed by atoms with Crippen molar-refractivity contribution in [3.8, 4) is 0 Å². The van der Waals surface area contributed by atoms with Gasteiger partial charge in [0.15, 0.2) is 0 Å². The van der Waals surface area contributed by atoms with Gasteiger partial charge in [0.05, 0.1) is 5.60 Å². The van der Waals surface area contributed by atoms with E-state index in [1.807, 2.05) is 48.5 Å². The van der Waals surface area contributed by atoms with E-state index in [1.54, 1.807) is 0 Å². The Balaban J connectivity index is 3.21. The largest absolute Gasteiger partial charge is 0.230 e. The minimum atomic E-state index is -0.560. The smallest absolute Gasteiger partial charge is 0.123 e. The van der Waals surface area contributed by atoms with Crippen molar-refractivity contribution in [1.82, 2.24) is 0 Å². The van der Waals surface area contributed by atoms with Gasteiger partial charge < -0.3 is 0 Å². The van der Waals surface area contributed by atoms with Crippen LogP contribution in [0.25, 0.3) is 11.1 Å². The Hall–Kier alpha value is -1.38. The third-order valence-electron chi connectivity index (χ3n) is 3.12. The Bertz CT molecular complexity index is 545. The molecule has 0 bridgehead atoms. The van der Waals surface area contributed by atoms with Gasteiger partial charge in [0, 0.05) is 0 Å². The lowest BCUT2D eigenvalue weighted by Gasteiger charge is -2.30. The molecule has 2 heteroatoms. The van der Waals surface area contributed by atoms with Crippen LogP contribution in [-0.2, 0) is 15.4 Å². The lowest BCUT2D eigenvalue weighted by Crippen LogP contribution is -2.29. The second-order valence-electron chi connectivity index (χ2n) is 7.11. The molecule has 0 unspecified atom stereocenters. The quantitative estimate of drug-likeness (QED) is 0.508. The zero-order chi connectivity index (χ0) is 16.4. The lowest BCUT2D eigenvalue weighted by atomic mass is 9.88. The first-order valence-electron chi connectivity index (χ1n) is 7.27. The zero-order valence-electron chi connectivity index (χ0n) is 14.5. The van der Waals surface area contributed by atoms with Crippen LogP contribution < -0.4 is 0 Å². The van der Waals surface area contributed by atoms with Crippen LogP contribution in [0.5, 0.6) is 0 Å². The van der Waals surface area contributed by atoms with Crippen LogP contribution >= 0.6 is 0 Å². The minimum Gasteiger partial charge on any atom is -0.230 e. The van der Waals surface area contributed by atoms with Crippen LogP contribution in [0.3, 0.4) is 0 Å². The molecule has 0 amide bonds. The first-order valence-corrected chi connectivity index (χ1v) is 7.27. The maximum atomic E-state index is 5.71. The minimum absolute atomic E-state index is 0.349. The van der Waals surface area contributed by atoms with Gasteiger partial charge in [0.1, 0.15) is 5.60 Å². The highest BCUT2D eigenvalue weighted by Gasteiger charge is 2.28. The van der Waals surface area contributed by atoms with E-state index in [0.29, 0.717) is 0 Å². The van der Waals surface area contributed by atoms with Crippen LogP contribution in [-0.4, -0.2) is 5.60 Å². The van der Waals surface area contributed by atoms with Crippen LogP contribution in [0.1, 0.15) is 65.2 Å². The summed E-state index contributed by atoms with van der Waals surface area (Å²) in [7, 11) is 0. The number of rotatable bonds is 5. The molecule has 0 aliphatic carbocycles. The van der Waals surface area contributed by atoms with Gasteiger partial charge in [0.2, 0.25) is 0 Å². The molecule has 0 aromatic heterocycles. The van der Waals surface area contributed by atoms with Crippen LogP contribution in [0, 0.1) is 0 Å². The summed E-state index contributed by atoms with van der Waals surface area (Å²) in [6, 6.07) is 6.24. The Kier molecular flexibility index (Phi) is 5.19. The second-order valence-corrected chi connectivity index (χ2v) is 7.11. The van der Waals surface area contributed by atoms with Crippen LogP contribution in [0.4, 0.5) is 0 Å². The summed E-state index contributed by atoms with van der Waals surface area (Å²) >= 11 is 0. The van der Waals surface area contributed by atoms with Crippen LogP contribution in [0.2, 0.25) is 0 Å². The molecule has 0 radical (unpaired) electrons. The summed E-state index contributed by atoms with van der Waals surface area (Å²) in [6.07, 6.45) is 0. The van der Waals surface area contributed by atoms with Crippen molar-refractivity contribution < 1.29 is 9.78 Å². The second kappa shape index (κ2) is 6.17. The molecule has 0 spiro atoms. The van der Waals surface area contributed by atoms with Crippen molar-refractivity contribution in [3.05, 3.63) is 48.0 Å². The maximum absolute atomic E-state index is 5.71. The highest BCUT2D eigenvalue weighted by molar-refractivity contribution is 5.71. The first-order chi connectivity index (χ1) is 9.44. The fraction of sp³-hybridized carbons (Fsp3) is 0.474. The fourth-order valence-corrected chi connectivity index (χ4v) is 1.96. The van der Waals surface area contributed by atoms with E-state index >= 15 is 0 Å². The van der Waals surface area contributed by atoms with Gasteiger partial charge in [-0.3, -0.25) is 0 Å². The molecular formula is C19H28O2. The Morgan fingerprint density at radius 1 is 0.905 bits per heavy atom. The van der Waals surface area contributed by atoms with E-state index in [2.05, 4.69) is 31.4 Å². The number of hydrogen-bond donors (Lipinski definition) is 0. The molecule has 2 nitrogen and oxygen atoms in total. The molecule has 1 rings (SSSR count). The molecule has 21 heavy (non-hydrogen) atoms. The third kappa shape index (κ3) is 4.83. The van der Waals surface area contributed by atoms with Gasteiger partial charge in [-0.05, 0) is 71.2 Å². The molecule has 0 saturated carbocycles. The van der Waals surface area contributed by atoms with Crippen molar-refractivity contribution in [2.75, 3.05) is 0 Å². The van der Waals surface area contributed by atoms with E-state index in [4.69, 9.17) is 9.78 Å². The van der Waals surface area contributed by atoms with Crippen LogP contribution in [0.15, 0.2) is 31.4 Å². The predicted octanol–water partition coefficient (Wildman–Crippen LogP) is 5.73. The van der Waals surface area contributed by atoms with Crippen molar-refractivity contribution >= 4 is 11.1 Å². The average Bonchev–Trinajstić information content (AvgIpc) is 2.35. The Morgan fingerprint density at radius 3 is 1.90 bits per heavy atom. The molecule has 0 fully saturated rings. The molecular weight excluding hydrogens is 260 g/mol. The van der Waals surface area contributed by atoms with E-state index in [9.17, 15) is 0 Å². The molecule has 0 aliphatic heterocycles. The molecule has 0 heterocycles. The highest BCUT2D eigenvalue weighted by Crippen LogP contribution is 2.34. The van der Waals surface area contributed by atoms with Crippen molar-refractivity contribution in [2.24, 2.45) is 0 Å². The lowest BCUT2D eigenvalue weighted by molar-refractivity contribution is -0.401. The standard InChI is InChI=1S/C19H28O2/c1-13(2)15-10-11-17(16(12-15)14(3)4)19(8,9)21-20-18(5,6)7/h10-12H,1,3H2,2,4-9H3. The van der Waals surface area contributed by atoms with Gasteiger partial charge in [-0.15, -0.1) is 0 Å². The molecule has 0 aliphatic rings. The molecule has 1 aromatic rings. The third-order valence-corrected chi connectivity index (χ3v) is 3.12. The van der Waals surface area contributed by atoms with E-state index in [0.717, 1.165) is 27.8 Å². The van der Waals surface area contributed by atoms with Crippen molar-refractivity contribution in [3.63, 3.8) is 0 Å². The molecule has 0 atom stereocenters. The summed E-state index contributed by atoms with van der Waals surface area (Å²) in [5.41, 5.74) is 4.38. The predicted molar refractivity (Wildman–Crippen MR) is 90.8 cm³/mol. The zero-order valence-corrected chi connectivity index (χ0v) is 14.5. The van der Waals surface area contributed by atoms with Gasteiger partial charge in [-0.1, -0.05) is 36.4 Å². The SMILES string of the molecule is C=C(C)c1ccc(C(C)(C)OOC(C)(C)C)c(C(=C)C)c1. The molecule has 116 valence electrons. The molecule has 1 aromatic carbocycles. The summed E-state index contributed by atoms with van der Waals surface area (Å²) in [5.74, 6) is 0. The van der Waals surface area contributed by atoms with E-state index in [-0.39, 0.29) is 5.60 Å². The summed E-state index contributed by atoms with van der Waals surface area (Å²) in [4.78, 5) is 11.2. The summed E-state index contributed by atoms with van der Waals surface area (Å²) in [5, 5.41) is 0. The summed E-state index contributed by atoms with van der Waals surface area (Å²) < 4.78 is 0. The van der Waals surface area contributed by atoms with E-state index in [1.165, 1.54) is 0 Å². The molecule has 0 saturated heterocycles. The first kappa shape index (κ1) is 17.7. The van der Waals surface area contributed by atoms with Gasteiger partial charge in [-0.25, -0.2) is 9.78 Å². The monoisotopic (exact) mass is 288 g/mol. The van der Waals surface area contributed by atoms with Crippen molar-refractivity contribution in [2.45, 2.75) is 59.7 Å². The highest BCUT2D eigenvalue weighted by atomic mass is 17.2. The van der Waals surface area contributed by atoms with Gasteiger partial charge >= 0.3 is 0 Å². The Labute approximate surface area is 129 Å².